The molecule has 0 aliphatic carbocycles. The van der Waals surface area contributed by atoms with Gasteiger partial charge in [-0.2, -0.15) is 0 Å². The van der Waals surface area contributed by atoms with E-state index in [4.69, 9.17) is 0 Å². The van der Waals surface area contributed by atoms with Gasteiger partial charge < -0.3 is 5.11 Å². The van der Waals surface area contributed by atoms with Crippen molar-refractivity contribution >= 4 is 20.8 Å². The molecule has 0 aliphatic rings. The third-order valence-corrected chi connectivity index (χ3v) is 5.40. The van der Waals surface area contributed by atoms with Gasteiger partial charge in [-0.05, 0) is 24.6 Å². The summed E-state index contributed by atoms with van der Waals surface area (Å²) in [4.78, 5) is 0.138. The maximum absolute atomic E-state index is 11.9. The predicted molar refractivity (Wildman–Crippen MR) is 75.8 cm³/mol. The fourth-order valence-electron chi connectivity index (χ4n) is 1.44. The van der Waals surface area contributed by atoms with Gasteiger partial charge in [-0.25, -0.2) is 13.1 Å². The van der Waals surface area contributed by atoms with E-state index in [1.807, 2.05) is 0 Å². The second kappa shape index (κ2) is 7.14. The van der Waals surface area contributed by atoms with Crippen molar-refractivity contribution in [1.82, 2.24) is 4.72 Å². The molecule has 2 N–H and O–H groups in total. The maximum atomic E-state index is 11.9. The number of hydrogen-bond donors (Lipinski definition) is 2. The Kier molecular flexibility index (Phi) is 6.12. The summed E-state index contributed by atoms with van der Waals surface area (Å²) in [5.41, 5.74) is 0.658. The first-order chi connectivity index (χ1) is 8.86. The van der Waals surface area contributed by atoms with E-state index in [0.717, 1.165) is 0 Å². The molecule has 1 rings (SSSR count). The van der Waals surface area contributed by atoms with Crippen LogP contribution in [0.2, 0.25) is 0 Å². The molecular formula is C12H19NO4S2. The van der Waals surface area contributed by atoms with Gasteiger partial charge in [0.05, 0.1) is 11.0 Å². The first kappa shape index (κ1) is 16.3. The van der Waals surface area contributed by atoms with Gasteiger partial charge in [-0.3, -0.25) is 4.21 Å². The molecule has 0 heterocycles. The Labute approximate surface area is 116 Å². The third-order valence-electron chi connectivity index (χ3n) is 2.62. The van der Waals surface area contributed by atoms with Crippen LogP contribution in [0.25, 0.3) is 0 Å². The first-order valence-corrected chi connectivity index (χ1v) is 8.96. The summed E-state index contributed by atoms with van der Waals surface area (Å²) < 4.78 is 37.4. The van der Waals surface area contributed by atoms with E-state index in [1.165, 1.54) is 12.1 Å². The second-order valence-corrected chi connectivity index (χ2v) is 7.71. The second-order valence-electron chi connectivity index (χ2n) is 4.08. The zero-order valence-electron chi connectivity index (χ0n) is 11.0. The standard InChI is InChI=1S/C12H19NO4S2/c1-3-18(15)9-8-13-19(16,17)12-6-4-11(5-7-12)10(2)14/h4-7,10,13-14H,3,8-9H2,1-2H3. The van der Waals surface area contributed by atoms with Gasteiger partial charge in [0.25, 0.3) is 0 Å². The van der Waals surface area contributed by atoms with Crippen molar-refractivity contribution in [3.8, 4) is 0 Å². The molecule has 0 saturated carbocycles. The van der Waals surface area contributed by atoms with Crippen LogP contribution in [-0.4, -0.2) is 35.8 Å². The molecule has 1 aromatic rings. The Bertz CT molecular complexity index is 523. The van der Waals surface area contributed by atoms with E-state index in [2.05, 4.69) is 4.72 Å². The van der Waals surface area contributed by atoms with Crippen molar-refractivity contribution in [3.63, 3.8) is 0 Å². The van der Waals surface area contributed by atoms with Crippen molar-refractivity contribution in [2.24, 2.45) is 0 Å². The van der Waals surface area contributed by atoms with Crippen LogP contribution in [0.3, 0.4) is 0 Å². The van der Waals surface area contributed by atoms with E-state index in [0.29, 0.717) is 17.1 Å². The summed E-state index contributed by atoms with van der Waals surface area (Å²) in [6, 6.07) is 6.04. The maximum Gasteiger partial charge on any atom is 0.240 e. The van der Waals surface area contributed by atoms with E-state index < -0.39 is 26.9 Å². The fraction of sp³-hybridized carbons (Fsp3) is 0.500. The molecule has 0 radical (unpaired) electrons. The minimum absolute atomic E-state index is 0.138. The normalized spacial score (nSPS) is 15.1. The predicted octanol–water partition coefficient (Wildman–Crippen LogP) is 0.787. The van der Waals surface area contributed by atoms with Gasteiger partial charge in [-0.1, -0.05) is 19.1 Å². The summed E-state index contributed by atoms with van der Waals surface area (Å²) in [5, 5.41) is 9.35. The summed E-state index contributed by atoms with van der Waals surface area (Å²) in [5.74, 6) is 0.826. The molecule has 0 aromatic heterocycles. The Balaban J connectivity index is 2.69. The van der Waals surface area contributed by atoms with Gasteiger partial charge in [0.15, 0.2) is 0 Å². The topological polar surface area (TPSA) is 83.5 Å². The highest BCUT2D eigenvalue weighted by Crippen LogP contribution is 2.15. The van der Waals surface area contributed by atoms with Crippen molar-refractivity contribution in [2.75, 3.05) is 18.1 Å². The summed E-state index contributed by atoms with van der Waals surface area (Å²) in [6.07, 6.45) is -0.628. The lowest BCUT2D eigenvalue weighted by atomic mass is 10.1. The zero-order chi connectivity index (χ0) is 14.5. The average molecular weight is 305 g/mol. The SMILES string of the molecule is CCS(=O)CCNS(=O)(=O)c1ccc(C(C)O)cc1. The molecule has 0 bridgehead atoms. The highest BCUT2D eigenvalue weighted by atomic mass is 32.2. The van der Waals surface area contributed by atoms with Gasteiger partial charge in [0.1, 0.15) is 0 Å². The Morgan fingerprint density at radius 2 is 1.89 bits per heavy atom. The molecule has 2 atom stereocenters. The Morgan fingerprint density at radius 1 is 1.32 bits per heavy atom. The number of nitrogens with one attached hydrogen (secondary N) is 1. The summed E-state index contributed by atoms with van der Waals surface area (Å²) >= 11 is 0. The lowest BCUT2D eigenvalue weighted by Crippen LogP contribution is -2.28. The number of sulfonamides is 1. The molecule has 7 heteroatoms. The van der Waals surface area contributed by atoms with Gasteiger partial charge in [0.2, 0.25) is 10.0 Å². The quantitative estimate of drug-likeness (QED) is 0.780. The molecule has 19 heavy (non-hydrogen) atoms. The van der Waals surface area contributed by atoms with Crippen LogP contribution in [0.4, 0.5) is 0 Å². The van der Waals surface area contributed by atoms with Crippen LogP contribution >= 0.6 is 0 Å². The molecular weight excluding hydrogens is 286 g/mol. The number of aliphatic hydroxyl groups excluding tert-OH is 1. The van der Waals surface area contributed by atoms with Gasteiger partial charge in [0, 0.05) is 28.9 Å². The largest absolute Gasteiger partial charge is 0.389 e. The Hall–Kier alpha value is -0.760. The minimum Gasteiger partial charge on any atom is -0.389 e. The van der Waals surface area contributed by atoms with E-state index in [-0.39, 0.29) is 11.4 Å². The molecule has 0 amide bonds. The summed E-state index contributed by atoms with van der Waals surface area (Å²) in [6.45, 7) is 3.56. The van der Waals surface area contributed by atoms with E-state index >= 15 is 0 Å². The molecule has 0 aliphatic heterocycles. The first-order valence-electron chi connectivity index (χ1n) is 5.99. The smallest absolute Gasteiger partial charge is 0.240 e. The van der Waals surface area contributed by atoms with Gasteiger partial charge >= 0.3 is 0 Å². The third kappa shape index (κ3) is 5.02. The number of benzene rings is 1. The van der Waals surface area contributed by atoms with Crippen molar-refractivity contribution < 1.29 is 17.7 Å². The number of aliphatic hydroxyl groups is 1. The van der Waals surface area contributed by atoms with Crippen LogP contribution < -0.4 is 4.72 Å². The van der Waals surface area contributed by atoms with Crippen molar-refractivity contribution in [1.29, 1.82) is 0 Å². The highest BCUT2D eigenvalue weighted by Gasteiger charge is 2.14. The molecule has 5 nitrogen and oxygen atoms in total. The lowest BCUT2D eigenvalue weighted by Gasteiger charge is -2.08. The average Bonchev–Trinajstić information content (AvgIpc) is 2.38. The molecule has 2 unspecified atom stereocenters. The minimum atomic E-state index is -3.57. The van der Waals surface area contributed by atoms with Crippen molar-refractivity contribution in [2.45, 2.75) is 24.8 Å². The van der Waals surface area contributed by atoms with E-state index in [1.54, 1.807) is 26.0 Å². The van der Waals surface area contributed by atoms with Crippen molar-refractivity contribution in [3.05, 3.63) is 29.8 Å². The Morgan fingerprint density at radius 3 is 2.37 bits per heavy atom. The van der Waals surface area contributed by atoms with Gasteiger partial charge in [-0.15, -0.1) is 0 Å². The van der Waals surface area contributed by atoms with Crippen LogP contribution in [0.15, 0.2) is 29.2 Å². The van der Waals surface area contributed by atoms with E-state index in [9.17, 15) is 17.7 Å². The monoisotopic (exact) mass is 305 g/mol. The fourth-order valence-corrected chi connectivity index (χ4v) is 3.22. The van der Waals surface area contributed by atoms with Crippen LogP contribution in [0, 0.1) is 0 Å². The van der Waals surface area contributed by atoms with Crippen LogP contribution in [0.5, 0.6) is 0 Å². The molecule has 0 fully saturated rings. The zero-order valence-corrected chi connectivity index (χ0v) is 12.6. The van der Waals surface area contributed by atoms with Crippen LogP contribution in [-0.2, 0) is 20.8 Å². The molecule has 0 spiro atoms. The lowest BCUT2D eigenvalue weighted by molar-refractivity contribution is 0.199. The highest BCUT2D eigenvalue weighted by molar-refractivity contribution is 7.89. The molecule has 0 saturated heterocycles. The molecule has 108 valence electrons. The number of hydrogen-bond acceptors (Lipinski definition) is 4. The van der Waals surface area contributed by atoms with Crippen LogP contribution in [0.1, 0.15) is 25.5 Å². The molecule has 1 aromatic carbocycles. The summed E-state index contributed by atoms with van der Waals surface area (Å²) in [7, 11) is -4.56. The number of rotatable bonds is 7.